The molecular weight excluding hydrogens is 432 g/mol. The lowest BCUT2D eigenvalue weighted by atomic mass is 9.92. The van der Waals surface area contributed by atoms with E-state index in [9.17, 15) is 9.59 Å². The van der Waals surface area contributed by atoms with E-state index in [2.05, 4.69) is 44.9 Å². The second kappa shape index (κ2) is 10.0. The molecule has 2 fully saturated rings. The van der Waals surface area contributed by atoms with Crippen molar-refractivity contribution in [1.82, 2.24) is 14.7 Å². The maximum atomic E-state index is 12.7. The first-order valence-electron chi connectivity index (χ1n) is 10.6. The summed E-state index contributed by atoms with van der Waals surface area (Å²) in [7, 11) is 0. The van der Waals surface area contributed by atoms with E-state index >= 15 is 0 Å². The molecule has 3 rings (SSSR count). The topological polar surface area (TPSA) is 55.9 Å². The molecule has 2 atom stereocenters. The van der Waals surface area contributed by atoms with Gasteiger partial charge in [0.1, 0.15) is 0 Å². The highest BCUT2D eigenvalue weighted by atomic mass is 79.9. The Hall–Kier alpha value is -1.44. The van der Waals surface area contributed by atoms with Crippen LogP contribution < -0.4 is 5.32 Å². The Kier molecular flexibility index (Phi) is 7.71. The van der Waals surface area contributed by atoms with Crippen LogP contribution in [0.2, 0.25) is 0 Å². The molecule has 1 N–H and O–H groups in total. The van der Waals surface area contributed by atoms with Crippen LogP contribution in [0.4, 0.5) is 5.69 Å². The number of aryl methyl sites for hydroxylation is 1. The Morgan fingerprint density at radius 1 is 1.03 bits per heavy atom. The number of benzene rings is 1. The monoisotopic (exact) mass is 464 g/mol. The molecule has 2 heterocycles. The second-order valence-electron chi connectivity index (χ2n) is 8.80. The number of anilines is 1. The van der Waals surface area contributed by atoms with E-state index in [1.165, 1.54) is 6.42 Å². The van der Waals surface area contributed by atoms with Crippen molar-refractivity contribution < 1.29 is 9.59 Å². The number of likely N-dealkylation sites (tertiary alicyclic amines) is 1. The van der Waals surface area contributed by atoms with Crippen LogP contribution in [-0.2, 0) is 9.59 Å². The first-order valence-corrected chi connectivity index (χ1v) is 11.4. The summed E-state index contributed by atoms with van der Waals surface area (Å²) in [5.41, 5.74) is 1.89. The zero-order valence-electron chi connectivity index (χ0n) is 17.8. The molecule has 0 radical (unpaired) electrons. The van der Waals surface area contributed by atoms with Crippen LogP contribution in [0.1, 0.15) is 25.8 Å². The van der Waals surface area contributed by atoms with Crippen molar-refractivity contribution in [3.05, 3.63) is 28.2 Å². The molecule has 160 valence electrons. The Balaban J connectivity index is 1.41. The van der Waals surface area contributed by atoms with Crippen molar-refractivity contribution in [2.24, 2.45) is 11.8 Å². The SMILES string of the molecule is Cc1cc(Br)ccc1NC(=O)CN1CCN(CC(=O)N2C[C@@H](C)C[C@H](C)C2)CC1. The van der Waals surface area contributed by atoms with Gasteiger partial charge in [-0.15, -0.1) is 0 Å². The number of nitrogens with zero attached hydrogens (tertiary/aromatic N) is 3. The van der Waals surface area contributed by atoms with Crippen molar-refractivity contribution >= 4 is 33.4 Å². The summed E-state index contributed by atoms with van der Waals surface area (Å²) < 4.78 is 1.01. The summed E-state index contributed by atoms with van der Waals surface area (Å²) >= 11 is 3.44. The molecule has 6 nitrogen and oxygen atoms in total. The summed E-state index contributed by atoms with van der Waals surface area (Å²) in [6, 6.07) is 5.85. The third-order valence-corrected chi connectivity index (χ3v) is 6.37. The number of hydrogen-bond acceptors (Lipinski definition) is 4. The average molecular weight is 465 g/mol. The van der Waals surface area contributed by atoms with Gasteiger partial charge in [0.25, 0.3) is 0 Å². The maximum absolute atomic E-state index is 12.7. The highest BCUT2D eigenvalue weighted by Crippen LogP contribution is 2.21. The van der Waals surface area contributed by atoms with Gasteiger partial charge in [-0.25, -0.2) is 0 Å². The van der Waals surface area contributed by atoms with Gasteiger partial charge in [-0.05, 0) is 48.9 Å². The summed E-state index contributed by atoms with van der Waals surface area (Å²) in [4.78, 5) is 31.5. The molecular formula is C22H33BrN4O2. The molecule has 0 spiro atoms. The van der Waals surface area contributed by atoms with Crippen LogP contribution >= 0.6 is 15.9 Å². The van der Waals surface area contributed by atoms with Crippen molar-refractivity contribution in [2.75, 3.05) is 57.7 Å². The number of piperazine rings is 1. The molecule has 0 bridgehead atoms. The van der Waals surface area contributed by atoms with Gasteiger partial charge in [-0.1, -0.05) is 29.8 Å². The van der Waals surface area contributed by atoms with Crippen molar-refractivity contribution in [1.29, 1.82) is 0 Å². The van der Waals surface area contributed by atoms with Crippen LogP contribution in [0.15, 0.2) is 22.7 Å². The summed E-state index contributed by atoms with van der Waals surface area (Å²) in [5.74, 6) is 1.44. The van der Waals surface area contributed by atoms with E-state index in [0.717, 1.165) is 55.0 Å². The molecule has 2 aliphatic rings. The molecule has 2 aliphatic heterocycles. The molecule has 2 amide bonds. The van der Waals surface area contributed by atoms with E-state index in [0.29, 0.717) is 24.9 Å². The normalized spacial score (nSPS) is 23.8. The van der Waals surface area contributed by atoms with E-state index in [-0.39, 0.29) is 11.8 Å². The standard InChI is InChI=1S/C22H33BrN4O2/c1-16-10-17(2)13-27(12-16)22(29)15-26-8-6-25(7-9-26)14-21(28)24-20-5-4-19(23)11-18(20)3/h4-5,11,16-17H,6-10,12-15H2,1-3H3,(H,24,28)/t16-,17-/m0/s1. The number of piperidine rings is 1. The molecule has 7 heteroatoms. The molecule has 2 saturated heterocycles. The fourth-order valence-electron chi connectivity index (χ4n) is 4.42. The van der Waals surface area contributed by atoms with Gasteiger partial charge in [0.2, 0.25) is 11.8 Å². The highest BCUT2D eigenvalue weighted by Gasteiger charge is 2.27. The molecule has 1 aromatic rings. The Morgan fingerprint density at radius 2 is 1.62 bits per heavy atom. The van der Waals surface area contributed by atoms with Crippen LogP contribution in [0.5, 0.6) is 0 Å². The van der Waals surface area contributed by atoms with E-state index in [4.69, 9.17) is 0 Å². The number of carbonyl (C=O) groups is 2. The predicted octanol–water partition coefficient (Wildman–Crippen LogP) is 2.82. The number of hydrogen-bond donors (Lipinski definition) is 1. The first-order chi connectivity index (χ1) is 13.8. The van der Waals surface area contributed by atoms with Crippen LogP contribution in [0.3, 0.4) is 0 Å². The van der Waals surface area contributed by atoms with E-state index in [1.54, 1.807) is 0 Å². The quantitative estimate of drug-likeness (QED) is 0.727. The van der Waals surface area contributed by atoms with Crippen LogP contribution in [0, 0.1) is 18.8 Å². The Morgan fingerprint density at radius 3 is 2.21 bits per heavy atom. The molecule has 0 unspecified atom stereocenters. The van der Waals surface area contributed by atoms with E-state index < -0.39 is 0 Å². The van der Waals surface area contributed by atoms with Gasteiger partial charge in [-0.3, -0.25) is 19.4 Å². The molecule has 0 aromatic heterocycles. The number of amides is 2. The molecule has 0 saturated carbocycles. The van der Waals surface area contributed by atoms with Gasteiger partial charge in [0, 0.05) is 49.4 Å². The lowest BCUT2D eigenvalue weighted by molar-refractivity contribution is -0.135. The summed E-state index contributed by atoms with van der Waals surface area (Å²) in [6.07, 6.45) is 1.21. The number of rotatable bonds is 5. The van der Waals surface area contributed by atoms with Gasteiger partial charge in [0.05, 0.1) is 13.1 Å². The summed E-state index contributed by atoms with van der Waals surface area (Å²) in [5, 5.41) is 3.00. The number of carbonyl (C=O) groups excluding carboxylic acids is 2. The smallest absolute Gasteiger partial charge is 0.238 e. The van der Waals surface area contributed by atoms with Gasteiger partial charge in [-0.2, -0.15) is 0 Å². The minimum Gasteiger partial charge on any atom is -0.341 e. The first kappa shape index (κ1) is 22.2. The van der Waals surface area contributed by atoms with Crippen LogP contribution in [0.25, 0.3) is 0 Å². The highest BCUT2D eigenvalue weighted by molar-refractivity contribution is 9.10. The Bertz CT molecular complexity index is 724. The largest absolute Gasteiger partial charge is 0.341 e. The van der Waals surface area contributed by atoms with Crippen molar-refractivity contribution in [3.8, 4) is 0 Å². The number of nitrogens with one attached hydrogen (secondary N) is 1. The molecule has 0 aliphatic carbocycles. The molecule has 1 aromatic carbocycles. The predicted molar refractivity (Wildman–Crippen MR) is 120 cm³/mol. The third-order valence-electron chi connectivity index (χ3n) is 5.88. The number of halogens is 1. The fraction of sp³-hybridized carbons (Fsp3) is 0.636. The lowest BCUT2D eigenvalue weighted by Crippen LogP contribution is -2.52. The fourth-order valence-corrected chi connectivity index (χ4v) is 4.90. The summed E-state index contributed by atoms with van der Waals surface area (Å²) in [6.45, 7) is 12.4. The minimum atomic E-state index is 0.0104. The zero-order valence-corrected chi connectivity index (χ0v) is 19.4. The minimum absolute atomic E-state index is 0.0104. The maximum Gasteiger partial charge on any atom is 0.238 e. The Labute approximate surface area is 182 Å². The average Bonchev–Trinajstić information content (AvgIpc) is 2.65. The van der Waals surface area contributed by atoms with Gasteiger partial charge >= 0.3 is 0 Å². The zero-order chi connectivity index (χ0) is 21.0. The van der Waals surface area contributed by atoms with Gasteiger partial charge < -0.3 is 10.2 Å². The second-order valence-corrected chi connectivity index (χ2v) is 9.72. The lowest BCUT2D eigenvalue weighted by Gasteiger charge is -2.38. The van der Waals surface area contributed by atoms with Crippen LogP contribution in [-0.4, -0.2) is 78.9 Å². The molecule has 29 heavy (non-hydrogen) atoms. The van der Waals surface area contributed by atoms with Crippen molar-refractivity contribution in [3.63, 3.8) is 0 Å². The van der Waals surface area contributed by atoms with E-state index in [1.807, 2.05) is 30.0 Å². The van der Waals surface area contributed by atoms with Gasteiger partial charge in [0.15, 0.2) is 0 Å². The third kappa shape index (κ3) is 6.52. The van der Waals surface area contributed by atoms with Crippen molar-refractivity contribution in [2.45, 2.75) is 27.2 Å².